The molecule has 0 aliphatic heterocycles. The SMILES string of the molecule is Cc1cccc(C)c1NC(=O)/C(C#N)=C/c1ccsc1. The molecule has 2 rings (SSSR count). The number of hydrogen-bond donors (Lipinski definition) is 1. The summed E-state index contributed by atoms with van der Waals surface area (Å²) in [5, 5.41) is 15.8. The van der Waals surface area contributed by atoms with Crippen molar-refractivity contribution in [2.24, 2.45) is 0 Å². The van der Waals surface area contributed by atoms with Crippen molar-refractivity contribution in [1.29, 1.82) is 5.26 Å². The van der Waals surface area contributed by atoms with E-state index in [1.165, 1.54) is 11.3 Å². The first-order chi connectivity index (χ1) is 9.61. The molecule has 0 bridgehead atoms. The number of nitriles is 1. The molecule has 0 saturated carbocycles. The molecule has 100 valence electrons. The molecule has 3 nitrogen and oxygen atoms in total. The number of nitrogens with zero attached hydrogens (tertiary/aromatic N) is 1. The highest BCUT2D eigenvalue weighted by Gasteiger charge is 2.12. The first-order valence-corrected chi connectivity index (χ1v) is 7.07. The summed E-state index contributed by atoms with van der Waals surface area (Å²) in [7, 11) is 0. The van der Waals surface area contributed by atoms with E-state index in [2.05, 4.69) is 5.32 Å². The molecule has 0 atom stereocenters. The minimum Gasteiger partial charge on any atom is -0.321 e. The fourth-order valence-electron chi connectivity index (χ4n) is 1.86. The number of benzene rings is 1. The van der Waals surface area contributed by atoms with E-state index in [0.717, 1.165) is 22.4 Å². The highest BCUT2D eigenvalue weighted by molar-refractivity contribution is 7.08. The lowest BCUT2D eigenvalue weighted by molar-refractivity contribution is -0.112. The van der Waals surface area contributed by atoms with E-state index in [4.69, 9.17) is 5.26 Å². The summed E-state index contributed by atoms with van der Waals surface area (Å²) in [6.07, 6.45) is 1.60. The topological polar surface area (TPSA) is 52.9 Å². The van der Waals surface area contributed by atoms with E-state index in [9.17, 15) is 4.79 Å². The van der Waals surface area contributed by atoms with Gasteiger partial charge in [0.25, 0.3) is 5.91 Å². The third-order valence-electron chi connectivity index (χ3n) is 2.94. The Morgan fingerprint density at radius 2 is 2.00 bits per heavy atom. The molecule has 1 amide bonds. The lowest BCUT2D eigenvalue weighted by Crippen LogP contribution is -2.15. The van der Waals surface area contributed by atoms with Crippen molar-refractivity contribution < 1.29 is 4.79 Å². The number of rotatable bonds is 3. The Morgan fingerprint density at radius 1 is 1.30 bits per heavy atom. The van der Waals surface area contributed by atoms with Crippen molar-refractivity contribution in [3.8, 4) is 6.07 Å². The molecular formula is C16H14N2OS. The lowest BCUT2D eigenvalue weighted by Gasteiger charge is -2.10. The number of amides is 1. The summed E-state index contributed by atoms with van der Waals surface area (Å²) in [5.41, 5.74) is 3.69. The lowest BCUT2D eigenvalue weighted by atomic mass is 10.1. The van der Waals surface area contributed by atoms with Crippen molar-refractivity contribution in [2.45, 2.75) is 13.8 Å². The number of carbonyl (C=O) groups excluding carboxylic acids is 1. The Kier molecular flexibility index (Phi) is 4.34. The number of thiophene rings is 1. The van der Waals surface area contributed by atoms with E-state index in [1.807, 2.05) is 54.9 Å². The molecule has 0 unspecified atom stereocenters. The molecule has 1 heterocycles. The molecule has 0 saturated heterocycles. The normalized spacial score (nSPS) is 10.9. The number of carbonyl (C=O) groups is 1. The summed E-state index contributed by atoms with van der Waals surface area (Å²) >= 11 is 1.53. The number of para-hydroxylation sites is 1. The standard InChI is InChI=1S/C16H14N2OS/c1-11-4-3-5-12(2)15(11)18-16(19)14(9-17)8-13-6-7-20-10-13/h3-8,10H,1-2H3,(H,18,19)/b14-8+. The number of anilines is 1. The smallest absolute Gasteiger partial charge is 0.266 e. The van der Waals surface area contributed by atoms with E-state index >= 15 is 0 Å². The summed E-state index contributed by atoms with van der Waals surface area (Å²) in [5.74, 6) is -0.379. The third kappa shape index (κ3) is 3.14. The van der Waals surface area contributed by atoms with Crippen molar-refractivity contribution in [3.05, 3.63) is 57.3 Å². The Morgan fingerprint density at radius 3 is 2.55 bits per heavy atom. The van der Waals surface area contributed by atoms with Crippen LogP contribution in [0.5, 0.6) is 0 Å². The van der Waals surface area contributed by atoms with Gasteiger partial charge in [0.15, 0.2) is 0 Å². The average molecular weight is 282 g/mol. The van der Waals surface area contributed by atoms with Crippen molar-refractivity contribution in [3.63, 3.8) is 0 Å². The molecule has 0 radical (unpaired) electrons. The summed E-state index contributed by atoms with van der Waals surface area (Å²) in [4.78, 5) is 12.2. The molecule has 20 heavy (non-hydrogen) atoms. The predicted molar refractivity (Wildman–Crippen MR) is 82.5 cm³/mol. The van der Waals surface area contributed by atoms with Crippen LogP contribution in [0.1, 0.15) is 16.7 Å². The number of aryl methyl sites for hydroxylation is 2. The molecular weight excluding hydrogens is 268 g/mol. The van der Waals surface area contributed by atoms with Crippen LogP contribution in [0.3, 0.4) is 0 Å². The average Bonchev–Trinajstić information content (AvgIpc) is 2.93. The Labute approximate surface area is 122 Å². The van der Waals surface area contributed by atoms with Crippen LogP contribution >= 0.6 is 11.3 Å². The first kappa shape index (κ1) is 14.0. The van der Waals surface area contributed by atoms with Gasteiger partial charge in [-0.1, -0.05) is 18.2 Å². The number of nitrogens with one attached hydrogen (secondary N) is 1. The zero-order valence-corrected chi connectivity index (χ0v) is 12.1. The molecule has 1 aromatic carbocycles. The first-order valence-electron chi connectivity index (χ1n) is 6.13. The molecule has 2 aromatic rings. The van der Waals surface area contributed by atoms with Gasteiger partial charge in [-0.3, -0.25) is 4.79 Å². The molecule has 1 N–H and O–H groups in total. The Bertz CT molecular complexity index is 674. The van der Waals surface area contributed by atoms with E-state index in [1.54, 1.807) is 6.08 Å². The zero-order chi connectivity index (χ0) is 14.5. The second-order valence-corrected chi connectivity index (χ2v) is 5.23. The molecule has 0 aliphatic carbocycles. The summed E-state index contributed by atoms with van der Waals surface area (Å²) < 4.78 is 0. The van der Waals surface area contributed by atoms with Crippen LogP contribution in [0.4, 0.5) is 5.69 Å². The highest BCUT2D eigenvalue weighted by Crippen LogP contribution is 2.20. The Hall–Kier alpha value is -2.38. The van der Waals surface area contributed by atoms with E-state index in [0.29, 0.717) is 0 Å². The minimum absolute atomic E-state index is 0.103. The predicted octanol–water partition coefficient (Wildman–Crippen LogP) is 3.91. The minimum atomic E-state index is -0.379. The van der Waals surface area contributed by atoms with Crippen LogP contribution in [0, 0.1) is 25.2 Å². The second kappa shape index (κ2) is 6.18. The summed E-state index contributed by atoms with van der Waals surface area (Å²) in [6, 6.07) is 9.62. The van der Waals surface area contributed by atoms with Gasteiger partial charge < -0.3 is 5.32 Å². The third-order valence-corrected chi connectivity index (χ3v) is 3.64. The summed E-state index contributed by atoms with van der Waals surface area (Å²) in [6.45, 7) is 3.86. The van der Waals surface area contributed by atoms with E-state index in [-0.39, 0.29) is 11.5 Å². The molecule has 4 heteroatoms. The highest BCUT2D eigenvalue weighted by atomic mass is 32.1. The van der Waals surface area contributed by atoms with Crippen LogP contribution in [0.2, 0.25) is 0 Å². The van der Waals surface area contributed by atoms with Gasteiger partial charge >= 0.3 is 0 Å². The van der Waals surface area contributed by atoms with Crippen LogP contribution in [-0.2, 0) is 4.79 Å². The monoisotopic (exact) mass is 282 g/mol. The van der Waals surface area contributed by atoms with Gasteiger partial charge in [-0.05, 0) is 53.4 Å². The van der Waals surface area contributed by atoms with E-state index < -0.39 is 0 Å². The fraction of sp³-hybridized carbons (Fsp3) is 0.125. The maximum absolute atomic E-state index is 12.2. The second-order valence-electron chi connectivity index (χ2n) is 4.45. The van der Waals surface area contributed by atoms with Gasteiger partial charge in [0.05, 0.1) is 0 Å². The quantitative estimate of drug-likeness (QED) is 0.685. The van der Waals surface area contributed by atoms with Crippen LogP contribution in [-0.4, -0.2) is 5.91 Å². The van der Waals surface area contributed by atoms with Crippen molar-refractivity contribution >= 4 is 29.0 Å². The van der Waals surface area contributed by atoms with Crippen LogP contribution in [0.25, 0.3) is 6.08 Å². The zero-order valence-electron chi connectivity index (χ0n) is 11.3. The Balaban J connectivity index is 2.25. The van der Waals surface area contributed by atoms with Gasteiger partial charge in [-0.2, -0.15) is 16.6 Å². The van der Waals surface area contributed by atoms with Gasteiger partial charge in [0.1, 0.15) is 11.6 Å². The van der Waals surface area contributed by atoms with Crippen molar-refractivity contribution in [2.75, 3.05) is 5.32 Å². The number of hydrogen-bond acceptors (Lipinski definition) is 3. The van der Waals surface area contributed by atoms with Crippen LogP contribution < -0.4 is 5.32 Å². The largest absolute Gasteiger partial charge is 0.321 e. The van der Waals surface area contributed by atoms with Crippen molar-refractivity contribution in [1.82, 2.24) is 0 Å². The maximum Gasteiger partial charge on any atom is 0.266 e. The molecule has 0 aliphatic rings. The van der Waals surface area contributed by atoms with Gasteiger partial charge in [-0.25, -0.2) is 0 Å². The molecule has 0 spiro atoms. The van der Waals surface area contributed by atoms with Gasteiger partial charge in [0.2, 0.25) is 0 Å². The molecule has 1 aromatic heterocycles. The van der Waals surface area contributed by atoms with Crippen LogP contribution in [0.15, 0.2) is 40.6 Å². The van der Waals surface area contributed by atoms with Gasteiger partial charge in [0, 0.05) is 5.69 Å². The molecule has 0 fully saturated rings. The van der Waals surface area contributed by atoms with Gasteiger partial charge in [-0.15, -0.1) is 0 Å². The fourth-order valence-corrected chi connectivity index (χ4v) is 2.48. The maximum atomic E-state index is 12.2.